The minimum Gasteiger partial charge on any atom is -0.479 e. The number of hydrogen-bond donors (Lipinski definition) is 1. The van der Waals surface area contributed by atoms with Gasteiger partial charge in [-0.25, -0.2) is 8.78 Å². The number of carbonyl (C=O) groups excluding carboxylic acids is 1. The van der Waals surface area contributed by atoms with Gasteiger partial charge in [-0.3, -0.25) is 4.79 Å². The molecule has 0 saturated heterocycles. The van der Waals surface area contributed by atoms with Crippen molar-refractivity contribution in [1.82, 2.24) is 5.32 Å². The second-order valence-corrected chi connectivity index (χ2v) is 6.16. The van der Waals surface area contributed by atoms with Gasteiger partial charge in [0.15, 0.2) is 23.1 Å². The van der Waals surface area contributed by atoms with Crippen LogP contribution >= 0.6 is 0 Å². The largest absolute Gasteiger partial charge is 0.479 e. The van der Waals surface area contributed by atoms with E-state index in [4.69, 9.17) is 9.15 Å². The Morgan fingerprint density at radius 1 is 1.08 bits per heavy atom. The zero-order valence-corrected chi connectivity index (χ0v) is 13.8. The molecule has 0 aliphatic heterocycles. The van der Waals surface area contributed by atoms with Crippen molar-refractivity contribution >= 4 is 5.91 Å². The van der Waals surface area contributed by atoms with Gasteiger partial charge in [-0.05, 0) is 25.0 Å². The number of halogens is 4. The predicted octanol–water partition coefficient (Wildman–Crippen LogP) is 4.48. The van der Waals surface area contributed by atoms with Crippen LogP contribution in [0.5, 0.6) is 5.75 Å². The van der Waals surface area contributed by atoms with E-state index in [1.165, 1.54) is 12.1 Å². The summed E-state index contributed by atoms with van der Waals surface area (Å²) in [6, 6.07) is 2.98. The molecular weight excluding hydrogens is 354 g/mol. The number of furan rings is 1. The molecule has 8 heteroatoms. The summed E-state index contributed by atoms with van der Waals surface area (Å²) < 4.78 is 63.4. The summed E-state index contributed by atoms with van der Waals surface area (Å²) >= 11 is 0. The van der Waals surface area contributed by atoms with Crippen LogP contribution in [0.4, 0.5) is 17.6 Å². The molecule has 1 amide bonds. The van der Waals surface area contributed by atoms with Gasteiger partial charge in [0.25, 0.3) is 5.91 Å². The quantitative estimate of drug-likeness (QED) is 0.623. The summed E-state index contributed by atoms with van der Waals surface area (Å²) in [5.41, 5.74) is 0. The Bertz CT molecular complexity index is 774. The van der Waals surface area contributed by atoms with E-state index in [0.29, 0.717) is 0 Å². The number of rotatable bonds is 5. The van der Waals surface area contributed by atoms with Crippen LogP contribution in [-0.2, 0) is 6.61 Å². The molecule has 1 fully saturated rings. The molecule has 0 unspecified atom stereocenters. The maximum Gasteiger partial charge on any atom is 0.287 e. The third kappa shape index (κ3) is 4.00. The molecule has 1 aliphatic carbocycles. The standard InChI is InChI=1S/C18H17F4NO3/c19-12-8-13(20)16(22)17(15(12)21)25-9-11-6-7-14(26-11)18(24)23-10-4-2-1-3-5-10/h6-8,10H,1-5,9H2,(H,23,24). The summed E-state index contributed by atoms with van der Waals surface area (Å²) in [5, 5.41) is 2.86. The minimum absolute atomic E-state index is 0.0283. The Morgan fingerprint density at radius 3 is 2.38 bits per heavy atom. The van der Waals surface area contributed by atoms with Crippen molar-refractivity contribution in [2.45, 2.75) is 44.8 Å². The Hall–Kier alpha value is -2.51. The van der Waals surface area contributed by atoms with Crippen LogP contribution < -0.4 is 10.1 Å². The Kier molecular flexibility index (Phi) is 5.49. The van der Waals surface area contributed by atoms with Crippen LogP contribution in [-0.4, -0.2) is 11.9 Å². The summed E-state index contributed by atoms with van der Waals surface area (Å²) in [6.07, 6.45) is 5.09. The van der Waals surface area contributed by atoms with Gasteiger partial charge in [0, 0.05) is 12.1 Å². The van der Waals surface area contributed by atoms with Gasteiger partial charge < -0.3 is 14.5 Å². The lowest BCUT2D eigenvalue weighted by molar-refractivity contribution is 0.0895. The molecule has 140 valence electrons. The Morgan fingerprint density at radius 2 is 1.73 bits per heavy atom. The van der Waals surface area contributed by atoms with E-state index in [2.05, 4.69) is 5.32 Å². The van der Waals surface area contributed by atoms with Crippen molar-refractivity contribution in [2.75, 3.05) is 0 Å². The molecular formula is C18H17F4NO3. The lowest BCUT2D eigenvalue weighted by atomic mass is 9.95. The zero-order valence-electron chi connectivity index (χ0n) is 13.8. The van der Waals surface area contributed by atoms with Crippen LogP contribution in [0.25, 0.3) is 0 Å². The first-order valence-electron chi connectivity index (χ1n) is 8.31. The Balaban J connectivity index is 1.63. The SMILES string of the molecule is O=C(NC1CCCCC1)c1ccc(COc2c(F)c(F)cc(F)c2F)o1. The van der Waals surface area contributed by atoms with Crippen molar-refractivity contribution in [3.8, 4) is 5.75 Å². The number of ether oxygens (including phenoxy) is 1. The number of carbonyl (C=O) groups is 1. The molecule has 0 radical (unpaired) electrons. The molecule has 1 saturated carbocycles. The first kappa shape index (κ1) is 18.3. The second-order valence-electron chi connectivity index (χ2n) is 6.16. The molecule has 0 spiro atoms. The molecule has 0 atom stereocenters. The molecule has 26 heavy (non-hydrogen) atoms. The lowest BCUT2D eigenvalue weighted by Gasteiger charge is -2.22. The number of nitrogens with one attached hydrogen (secondary N) is 1. The van der Waals surface area contributed by atoms with Gasteiger partial charge in [0.1, 0.15) is 12.4 Å². The van der Waals surface area contributed by atoms with Crippen LogP contribution in [0.3, 0.4) is 0 Å². The zero-order chi connectivity index (χ0) is 18.7. The molecule has 3 rings (SSSR count). The normalized spacial score (nSPS) is 15.1. The summed E-state index contributed by atoms with van der Waals surface area (Å²) in [5.74, 6) is -7.85. The fourth-order valence-electron chi connectivity index (χ4n) is 2.90. The monoisotopic (exact) mass is 371 g/mol. The third-order valence-corrected chi connectivity index (χ3v) is 4.26. The van der Waals surface area contributed by atoms with E-state index < -0.39 is 41.5 Å². The van der Waals surface area contributed by atoms with E-state index in [-0.39, 0.29) is 23.6 Å². The van der Waals surface area contributed by atoms with Crippen LogP contribution in [0.1, 0.15) is 48.4 Å². The molecule has 1 aromatic carbocycles. The molecule has 1 aliphatic rings. The molecule has 1 heterocycles. The van der Waals surface area contributed by atoms with E-state index in [1.807, 2.05) is 0 Å². The number of amides is 1. The van der Waals surface area contributed by atoms with E-state index in [0.717, 1.165) is 32.1 Å². The maximum absolute atomic E-state index is 13.5. The van der Waals surface area contributed by atoms with Crippen molar-refractivity contribution in [2.24, 2.45) is 0 Å². The van der Waals surface area contributed by atoms with Gasteiger partial charge in [-0.15, -0.1) is 0 Å². The fourth-order valence-corrected chi connectivity index (χ4v) is 2.90. The molecule has 4 nitrogen and oxygen atoms in total. The van der Waals surface area contributed by atoms with Gasteiger partial charge >= 0.3 is 0 Å². The molecule has 0 bridgehead atoms. The lowest BCUT2D eigenvalue weighted by Crippen LogP contribution is -2.35. The third-order valence-electron chi connectivity index (χ3n) is 4.26. The van der Waals surface area contributed by atoms with Crippen LogP contribution in [0, 0.1) is 23.3 Å². The van der Waals surface area contributed by atoms with Crippen molar-refractivity contribution in [3.63, 3.8) is 0 Å². The predicted molar refractivity (Wildman–Crippen MR) is 83.7 cm³/mol. The first-order valence-corrected chi connectivity index (χ1v) is 8.31. The number of benzene rings is 1. The average Bonchev–Trinajstić information content (AvgIpc) is 3.10. The topological polar surface area (TPSA) is 51.5 Å². The van der Waals surface area contributed by atoms with E-state index in [1.54, 1.807) is 0 Å². The summed E-state index contributed by atoms with van der Waals surface area (Å²) in [4.78, 5) is 12.1. The number of hydrogen-bond acceptors (Lipinski definition) is 3. The maximum atomic E-state index is 13.5. The van der Waals surface area contributed by atoms with Gasteiger partial charge in [0.2, 0.25) is 11.6 Å². The highest BCUT2D eigenvalue weighted by molar-refractivity contribution is 5.91. The highest BCUT2D eigenvalue weighted by Gasteiger charge is 2.22. The molecule has 1 N–H and O–H groups in total. The molecule has 1 aromatic heterocycles. The van der Waals surface area contributed by atoms with Crippen molar-refractivity contribution in [3.05, 3.63) is 53.0 Å². The smallest absolute Gasteiger partial charge is 0.287 e. The van der Waals surface area contributed by atoms with Gasteiger partial charge in [0.05, 0.1) is 0 Å². The minimum atomic E-state index is -1.63. The van der Waals surface area contributed by atoms with E-state index >= 15 is 0 Å². The van der Waals surface area contributed by atoms with Gasteiger partial charge in [-0.1, -0.05) is 19.3 Å². The van der Waals surface area contributed by atoms with Gasteiger partial charge in [-0.2, -0.15) is 8.78 Å². The average molecular weight is 371 g/mol. The van der Waals surface area contributed by atoms with E-state index in [9.17, 15) is 22.4 Å². The van der Waals surface area contributed by atoms with Crippen molar-refractivity contribution < 1.29 is 31.5 Å². The van der Waals surface area contributed by atoms with Crippen LogP contribution in [0.2, 0.25) is 0 Å². The highest BCUT2D eigenvalue weighted by Crippen LogP contribution is 2.27. The fraction of sp³-hybridized carbons (Fsp3) is 0.389. The summed E-state index contributed by atoms with van der Waals surface area (Å²) in [7, 11) is 0. The van der Waals surface area contributed by atoms with Crippen LogP contribution in [0.15, 0.2) is 22.6 Å². The van der Waals surface area contributed by atoms with Crippen molar-refractivity contribution in [1.29, 1.82) is 0 Å². The summed E-state index contributed by atoms with van der Waals surface area (Å²) in [6.45, 7) is -0.493. The highest BCUT2D eigenvalue weighted by atomic mass is 19.2. The second kappa shape index (κ2) is 7.80. The molecule has 2 aromatic rings. The Labute approximate surface area is 147 Å². The first-order chi connectivity index (χ1) is 12.5.